The molecule has 2 amide bonds. The van der Waals surface area contributed by atoms with E-state index in [2.05, 4.69) is 5.32 Å². The molecular weight excluding hydrogens is 236 g/mol. The van der Waals surface area contributed by atoms with Crippen LogP contribution in [0.15, 0.2) is 22.8 Å². The molecule has 0 saturated carbocycles. The van der Waals surface area contributed by atoms with Gasteiger partial charge in [-0.2, -0.15) is 0 Å². The van der Waals surface area contributed by atoms with Crippen LogP contribution < -0.4 is 5.32 Å². The molecular formula is C12H16N2O4. The number of β-amino-alcohol motifs (C(OH)–C–C–N with tert-alkyl or cyclic N) is 1. The molecule has 18 heavy (non-hydrogen) atoms. The van der Waals surface area contributed by atoms with E-state index in [1.54, 1.807) is 17.0 Å². The highest BCUT2D eigenvalue weighted by Gasteiger charge is 2.24. The number of carbonyl (C=O) groups excluding carboxylic acids is 2. The Labute approximate surface area is 105 Å². The van der Waals surface area contributed by atoms with Crippen molar-refractivity contribution < 1.29 is 19.1 Å². The van der Waals surface area contributed by atoms with Gasteiger partial charge in [0.25, 0.3) is 5.91 Å². The zero-order chi connectivity index (χ0) is 13.0. The molecule has 0 radical (unpaired) electrons. The highest BCUT2D eigenvalue weighted by atomic mass is 16.3. The number of likely N-dealkylation sites (tertiary alicyclic amines) is 1. The van der Waals surface area contributed by atoms with Crippen molar-refractivity contribution in [1.82, 2.24) is 10.2 Å². The first-order valence-corrected chi connectivity index (χ1v) is 5.94. The van der Waals surface area contributed by atoms with Gasteiger partial charge in [-0.25, -0.2) is 0 Å². The number of rotatable bonds is 4. The fourth-order valence-corrected chi connectivity index (χ4v) is 1.90. The number of hydrogen-bond donors (Lipinski definition) is 2. The van der Waals surface area contributed by atoms with Gasteiger partial charge in [0.2, 0.25) is 5.91 Å². The van der Waals surface area contributed by atoms with Gasteiger partial charge in [0, 0.05) is 26.1 Å². The monoisotopic (exact) mass is 252 g/mol. The minimum absolute atomic E-state index is 0.0497. The van der Waals surface area contributed by atoms with Crippen LogP contribution in [0.1, 0.15) is 23.4 Å². The Balaban J connectivity index is 1.69. The van der Waals surface area contributed by atoms with E-state index >= 15 is 0 Å². The molecule has 1 aliphatic rings. The van der Waals surface area contributed by atoms with E-state index in [1.807, 2.05) is 0 Å². The highest BCUT2D eigenvalue weighted by molar-refractivity contribution is 5.91. The van der Waals surface area contributed by atoms with Gasteiger partial charge in [-0.3, -0.25) is 9.59 Å². The van der Waals surface area contributed by atoms with Crippen molar-refractivity contribution in [2.45, 2.75) is 18.9 Å². The first kappa shape index (κ1) is 12.6. The molecule has 0 spiro atoms. The zero-order valence-electron chi connectivity index (χ0n) is 9.96. The Bertz CT molecular complexity index is 416. The van der Waals surface area contributed by atoms with Gasteiger partial charge in [-0.05, 0) is 18.6 Å². The molecule has 2 N–H and O–H groups in total. The average molecular weight is 252 g/mol. The molecule has 1 saturated heterocycles. The van der Waals surface area contributed by atoms with E-state index in [9.17, 15) is 14.7 Å². The molecule has 0 aromatic carbocycles. The van der Waals surface area contributed by atoms with Gasteiger partial charge in [0.15, 0.2) is 5.76 Å². The van der Waals surface area contributed by atoms with E-state index in [0.29, 0.717) is 19.5 Å². The van der Waals surface area contributed by atoms with Gasteiger partial charge in [0.1, 0.15) is 0 Å². The fraction of sp³-hybridized carbons (Fsp3) is 0.500. The number of nitrogens with one attached hydrogen (secondary N) is 1. The van der Waals surface area contributed by atoms with Crippen LogP contribution in [0.5, 0.6) is 0 Å². The topological polar surface area (TPSA) is 82.8 Å². The fourth-order valence-electron chi connectivity index (χ4n) is 1.90. The summed E-state index contributed by atoms with van der Waals surface area (Å²) in [5.41, 5.74) is 0. The van der Waals surface area contributed by atoms with Crippen LogP contribution >= 0.6 is 0 Å². The molecule has 1 aromatic rings. The van der Waals surface area contributed by atoms with Crippen molar-refractivity contribution in [1.29, 1.82) is 0 Å². The van der Waals surface area contributed by atoms with Crippen LogP contribution in [0, 0.1) is 0 Å². The molecule has 1 fully saturated rings. The van der Waals surface area contributed by atoms with Crippen LogP contribution in [-0.2, 0) is 4.79 Å². The van der Waals surface area contributed by atoms with Gasteiger partial charge in [-0.15, -0.1) is 0 Å². The molecule has 6 nitrogen and oxygen atoms in total. The number of aliphatic hydroxyl groups is 1. The predicted octanol–water partition coefficient (Wildman–Crippen LogP) is -0.00730. The predicted molar refractivity (Wildman–Crippen MR) is 62.9 cm³/mol. The van der Waals surface area contributed by atoms with Crippen LogP contribution in [0.3, 0.4) is 0 Å². The molecule has 0 bridgehead atoms. The summed E-state index contributed by atoms with van der Waals surface area (Å²) in [5, 5.41) is 11.9. The van der Waals surface area contributed by atoms with E-state index in [-0.39, 0.29) is 30.5 Å². The van der Waals surface area contributed by atoms with Crippen LogP contribution in [-0.4, -0.2) is 47.6 Å². The maximum Gasteiger partial charge on any atom is 0.286 e. The Hall–Kier alpha value is -1.82. The molecule has 6 heteroatoms. The summed E-state index contributed by atoms with van der Waals surface area (Å²) in [5.74, 6) is -0.139. The van der Waals surface area contributed by atoms with Crippen LogP contribution in [0.4, 0.5) is 0 Å². The molecule has 1 atom stereocenters. The summed E-state index contributed by atoms with van der Waals surface area (Å²) >= 11 is 0. The molecule has 0 aliphatic carbocycles. The summed E-state index contributed by atoms with van der Waals surface area (Å²) in [6.07, 6.45) is 1.88. The summed E-state index contributed by atoms with van der Waals surface area (Å²) in [6.45, 7) is 1.25. The number of carbonyl (C=O) groups is 2. The van der Waals surface area contributed by atoms with E-state index < -0.39 is 6.10 Å². The van der Waals surface area contributed by atoms with Gasteiger partial charge in [0.05, 0.1) is 12.4 Å². The molecule has 2 heterocycles. The van der Waals surface area contributed by atoms with Crippen LogP contribution in [0.25, 0.3) is 0 Å². The van der Waals surface area contributed by atoms with Crippen molar-refractivity contribution in [3.05, 3.63) is 24.2 Å². The molecule has 98 valence electrons. The highest BCUT2D eigenvalue weighted by Crippen LogP contribution is 2.09. The zero-order valence-corrected chi connectivity index (χ0v) is 9.96. The summed E-state index contributed by atoms with van der Waals surface area (Å²) in [7, 11) is 0. The Morgan fingerprint density at radius 2 is 2.39 bits per heavy atom. The first-order valence-electron chi connectivity index (χ1n) is 5.94. The lowest BCUT2D eigenvalue weighted by Gasteiger charge is -2.15. The van der Waals surface area contributed by atoms with Crippen molar-refractivity contribution in [2.24, 2.45) is 0 Å². The smallest absolute Gasteiger partial charge is 0.286 e. The minimum Gasteiger partial charge on any atom is -0.459 e. The summed E-state index contributed by atoms with van der Waals surface area (Å²) < 4.78 is 4.93. The summed E-state index contributed by atoms with van der Waals surface area (Å²) in [6, 6.07) is 3.19. The second-order valence-corrected chi connectivity index (χ2v) is 4.27. The lowest BCUT2D eigenvalue weighted by molar-refractivity contribution is -0.130. The number of nitrogens with zero attached hydrogens (tertiary/aromatic N) is 1. The maximum absolute atomic E-state index is 11.7. The van der Waals surface area contributed by atoms with E-state index in [0.717, 1.165) is 0 Å². The molecule has 1 aliphatic heterocycles. The number of amides is 2. The number of aliphatic hydroxyl groups excluding tert-OH is 1. The number of hydrogen-bond acceptors (Lipinski definition) is 4. The van der Waals surface area contributed by atoms with E-state index in [4.69, 9.17) is 4.42 Å². The quantitative estimate of drug-likeness (QED) is 0.789. The standard InChI is InChI=1S/C12H16N2O4/c15-9-4-6-14(8-9)11(16)3-5-13-12(17)10-2-1-7-18-10/h1-2,7,9,15H,3-6,8H2,(H,13,17)/t9-/m0/s1. The van der Waals surface area contributed by atoms with Crippen molar-refractivity contribution in [3.8, 4) is 0 Å². The lowest BCUT2D eigenvalue weighted by atomic mass is 10.3. The third-order valence-corrected chi connectivity index (χ3v) is 2.89. The largest absolute Gasteiger partial charge is 0.459 e. The second kappa shape index (κ2) is 5.68. The third kappa shape index (κ3) is 3.10. The van der Waals surface area contributed by atoms with Gasteiger partial charge >= 0.3 is 0 Å². The Kier molecular flexibility index (Phi) is 3.99. The maximum atomic E-state index is 11.7. The molecule has 1 aromatic heterocycles. The average Bonchev–Trinajstić information content (AvgIpc) is 2.99. The minimum atomic E-state index is -0.411. The molecule has 2 rings (SSSR count). The van der Waals surface area contributed by atoms with Crippen LogP contribution in [0.2, 0.25) is 0 Å². The van der Waals surface area contributed by atoms with E-state index in [1.165, 1.54) is 6.26 Å². The SMILES string of the molecule is O=C(NCCC(=O)N1CC[C@H](O)C1)c1ccco1. The van der Waals surface area contributed by atoms with Gasteiger partial charge < -0.3 is 19.7 Å². The van der Waals surface area contributed by atoms with Gasteiger partial charge in [-0.1, -0.05) is 0 Å². The third-order valence-electron chi connectivity index (χ3n) is 2.89. The second-order valence-electron chi connectivity index (χ2n) is 4.27. The normalized spacial score (nSPS) is 18.9. The molecule has 0 unspecified atom stereocenters. The summed E-state index contributed by atoms with van der Waals surface area (Å²) in [4.78, 5) is 24.8. The Morgan fingerprint density at radius 1 is 1.56 bits per heavy atom. The lowest BCUT2D eigenvalue weighted by Crippen LogP contribution is -2.33. The first-order chi connectivity index (χ1) is 8.66. The van der Waals surface area contributed by atoms with Crippen molar-refractivity contribution in [3.63, 3.8) is 0 Å². The Morgan fingerprint density at radius 3 is 3.00 bits per heavy atom. The van der Waals surface area contributed by atoms with Crippen molar-refractivity contribution >= 4 is 11.8 Å². The van der Waals surface area contributed by atoms with Crippen molar-refractivity contribution in [2.75, 3.05) is 19.6 Å². The number of furan rings is 1.